The quantitative estimate of drug-likeness (QED) is 0.654. The van der Waals surface area contributed by atoms with E-state index in [4.69, 9.17) is 0 Å². The number of hydrogen-bond donors (Lipinski definition) is 1. The molecule has 1 heterocycles. The molecule has 2 atom stereocenters. The molecule has 2 unspecified atom stereocenters. The Labute approximate surface area is 108 Å². The van der Waals surface area contributed by atoms with Gasteiger partial charge in [0.1, 0.15) is 0 Å². The fourth-order valence-corrected chi connectivity index (χ4v) is 2.84. The van der Waals surface area contributed by atoms with Crippen molar-refractivity contribution in [3.05, 3.63) is 0 Å². The maximum Gasteiger partial charge on any atom is 0.0195 e. The second-order valence-electron chi connectivity index (χ2n) is 5.63. The lowest BCUT2D eigenvalue weighted by Crippen LogP contribution is -2.53. The molecule has 1 aliphatic heterocycles. The Kier molecular flexibility index (Phi) is 7.87. The number of nitrogens with one attached hydrogen (secondary N) is 1. The molecule has 1 rings (SSSR count). The molecule has 1 N–H and O–H groups in total. The van der Waals surface area contributed by atoms with Crippen LogP contribution >= 0.6 is 0 Å². The van der Waals surface area contributed by atoms with Crippen LogP contribution in [0.3, 0.4) is 0 Å². The molecule has 0 aliphatic carbocycles. The third kappa shape index (κ3) is 5.87. The minimum atomic E-state index is 0.742. The summed E-state index contributed by atoms with van der Waals surface area (Å²) in [6, 6.07) is 1.53. The van der Waals surface area contributed by atoms with Crippen molar-refractivity contribution in [2.45, 2.75) is 77.8 Å². The number of rotatable bonds is 8. The molecule has 1 saturated heterocycles. The highest BCUT2D eigenvalue weighted by Gasteiger charge is 2.21. The minimum absolute atomic E-state index is 0.742. The van der Waals surface area contributed by atoms with Gasteiger partial charge in [0.05, 0.1) is 0 Å². The van der Waals surface area contributed by atoms with Crippen LogP contribution in [0.25, 0.3) is 0 Å². The first-order chi connectivity index (χ1) is 8.27. The van der Waals surface area contributed by atoms with Crippen LogP contribution in [0, 0.1) is 0 Å². The Hall–Kier alpha value is -0.0800. The molecule has 0 bridgehead atoms. The van der Waals surface area contributed by atoms with Crippen LogP contribution in [0.4, 0.5) is 0 Å². The van der Waals surface area contributed by atoms with Crippen LogP contribution in [0.1, 0.15) is 65.7 Å². The fourth-order valence-electron chi connectivity index (χ4n) is 2.84. The van der Waals surface area contributed by atoms with Gasteiger partial charge in [-0.05, 0) is 19.8 Å². The molecule has 0 amide bonds. The third-order valence-electron chi connectivity index (χ3n) is 4.02. The van der Waals surface area contributed by atoms with Gasteiger partial charge in [0, 0.05) is 31.7 Å². The summed E-state index contributed by atoms with van der Waals surface area (Å²) >= 11 is 0. The normalized spacial score (nSPS) is 23.8. The van der Waals surface area contributed by atoms with E-state index in [0.29, 0.717) is 0 Å². The molecule has 17 heavy (non-hydrogen) atoms. The Morgan fingerprint density at radius 3 is 2.71 bits per heavy atom. The summed E-state index contributed by atoms with van der Waals surface area (Å²) in [6.07, 6.45) is 9.62. The lowest BCUT2D eigenvalue weighted by atomic mass is 10.0. The van der Waals surface area contributed by atoms with E-state index in [9.17, 15) is 0 Å². The molecular formula is C15H32N2. The predicted octanol–water partition coefficient (Wildman–Crippen LogP) is 3.42. The van der Waals surface area contributed by atoms with Crippen molar-refractivity contribution in [2.24, 2.45) is 0 Å². The van der Waals surface area contributed by atoms with Crippen LogP contribution < -0.4 is 5.32 Å². The molecule has 2 nitrogen and oxygen atoms in total. The average Bonchev–Trinajstić information content (AvgIpc) is 2.35. The van der Waals surface area contributed by atoms with Gasteiger partial charge in [0.2, 0.25) is 0 Å². The first-order valence-electron chi connectivity index (χ1n) is 7.75. The van der Waals surface area contributed by atoms with Crippen molar-refractivity contribution in [3.63, 3.8) is 0 Å². The maximum absolute atomic E-state index is 3.64. The first kappa shape index (κ1) is 15.0. The van der Waals surface area contributed by atoms with Crippen molar-refractivity contribution in [1.82, 2.24) is 10.2 Å². The molecule has 0 spiro atoms. The summed E-state index contributed by atoms with van der Waals surface area (Å²) in [5.41, 5.74) is 0. The van der Waals surface area contributed by atoms with Gasteiger partial charge in [0.15, 0.2) is 0 Å². The summed E-state index contributed by atoms with van der Waals surface area (Å²) in [5, 5.41) is 3.64. The molecule has 0 radical (unpaired) electrons. The zero-order valence-electron chi connectivity index (χ0n) is 12.2. The molecule has 0 aromatic heterocycles. The van der Waals surface area contributed by atoms with Crippen molar-refractivity contribution in [3.8, 4) is 0 Å². The lowest BCUT2D eigenvalue weighted by Gasteiger charge is -2.37. The number of hydrogen-bond acceptors (Lipinski definition) is 2. The highest BCUT2D eigenvalue weighted by atomic mass is 15.2. The van der Waals surface area contributed by atoms with E-state index in [1.165, 1.54) is 64.6 Å². The predicted molar refractivity (Wildman–Crippen MR) is 76.5 cm³/mol. The summed E-state index contributed by atoms with van der Waals surface area (Å²) in [6.45, 7) is 10.7. The van der Waals surface area contributed by atoms with Crippen molar-refractivity contribution >= 4 is 0 Å². The second kappa shape index (κ2) is 8.93. The van der Waals surface area contributed by atoms with E-state index < -0.39 is 0 Å². The number of piperazine rings is 1. The Morgan fingerprint density at radius 2 is 2.00 bits per heavy atom. The summed E-state index contributed by atoms with van der Waals surface area (Å²) < 4.78 is 0. The molecule has 102 valence electrons. The van der Waals surface area contributed by atoms with Crippen molar-refractivity contribution in [2.75, 3.05) is 19.6 Å². The van der Waals surface area contributed by atoms with Gasteiger partial charge in [-0.25, -0.2) is 0 Å². The summed E-state index contributed by atoms with van der Waals surface area (Å²) in [7, 11) is 0. The summed E-state index contributed by atoms with van der Waals surface area (Å²) in [5.74, 6) is 0. The lowest BCUT2D eigenvalue weighted by molar-refractivity contribution is 0.140. The van der Waals surface area contributed by atoms with Crippen molar-refractivity contribution in [1.29, 1.82) is 0 Å². The van der Waals surface area contributed by atoms with Gasteiger partial charge in [-0.3, -0.25) is 4.90 Å². The van der Waals surface area contributed by atoms with Gasteiger partial charge in [-0.2, -0.15) is 0 Å². The van der Waals surface area contributed by atoms with Crippen LogP contribution in [-0.2, 0) is 0 Å². The Bertz CT molecular complexity index is 180. The number of nitrogens with zero attached hydrogens (tertiary/aromatic N) is 1. The highest BCUT2D eigenvalue weighted by molar-refractivity contribution is 4.81. The smallest absolute Gasteiger partial charge is 0.0195 e. The van der Waals surface area contributed by atoms with Gasteiger partial charge in [0.25, 0.3) is 0 Å². The van der Waals surface area contributed by atoms with E-state index in [2.05, 4.69) is 31.0 Å². The van der Waals surface area contributed by atoms with Crippen molar-refractivity contribution < 1.29 is 0 Å². The topological polar surface area (TPSA) is 15.3 Å². The molecule has 0 saturated carbocycles. The summed E-state index contributed by atoms with van der Waals surface area (Å²) in [4.78, 5) is 2.70. The first-order valence-corrected chi connectivity index (χ1v) is 7.75. The molecule has 0 aromatic carbocycles. The minimum Gasteiger partial charge on any atom is -0.311 e. The Balaban J connectivity index is 2.18. The van der Waals surface area contributed by atoms with Gasteiger partial charge in [-0.1, -0.05) is 46.0 Å². The SMILES string of the molecule is CCCCCCC(C)N1CCNC(CCC)C1. The van der Waals surface area contributed by atoms with Crippen LogP contribution in [0.5, 0.6) is 0 Å². The van der Waals surface area contributed by atoms with Gasteiger partial charge < -0.3 is 5.32 Å². The highest BCUT2D eigenvalue weighted by Crippen LogP contribution is 2.14. The third-order valence-corrected chi connectivity index (χ3v) is 4.02. The zero-order chi connectivity index (χ0) is 12.5. The Morgan fingerprint density at radius 1 is 1.18 bits per heavy atom. The van der Waals surface area contributed by atoms with E-state index in [0.717, 1.165) is 12.1 Å². The van der Waals surface area contributed by atoms with Crippen LogP contribution in [-0.4, -0.2) is 36.6 Å². The molecular weight excluding hydrogens is 208 g/mol. The molecule has 0 aromatic rings. The standard InChI is InChI=1S/C15H32N2/c1-4-6-7-8-10-14(3)17-12-11-16-15(13-17)9-5-2/h14-16H,4-13H2,1-3H3. The second-order valence-corrected chi connectivity index (χ2v) is 5.63. The van der Waals surface area contributed by atoms with Gasteiger partial charge in [-0.15, -0.1) is 0 Å². The van der Waals surface area contributed by atoms with E-state index in [1.54, 1.807) is 0 Å². The fraction of sp³-hybridized carbons (Fsp3) is 1.00. The van der Waals surface area contributed by atoms with E-state index >= 15 is 0 Å². The van der Waals surface area contributed by atoms with Crippen LogP contribution in [0.15, 0.2) is 0 Å². The van der Waals surface area contributed by atoms with Crippen LogP contribution in [0.2, 0.25) is 0 Å². The largest absolute Gasteiger partial charge is 0.311 e. The van der Waals surface area contributed by atoms with E-state index in [1.807, 2.05) is 0 Å². The zero-order valence-corrected chi connectivity index (χ0v) is 12.2. The molecule has 2 heteroatoms. The van der Waals surface area contributed by atoms with Gasteiger partial charge >= 0.3 is 0 Å². The van der Waals surface area contributed by atoms with E-state index in [-0.39, 0.29) is 0 Å². The average molecular weight is 240 g/mol. The monoisotopic (exact) mass is 240 g/mol. The molecule has 1 fully saturated rings. The number of unbranched alkanes of at least 4 members (excludes halogenated alkanes) is 3. The maximum atomic E-state index is 3.64. The molecule has 1 aliphatic rings.